The highest BCUT2D eigenvalue weighted by Gasteiger charge is 2.37. The van der Waals surface area contributed by atoms with E-state index in [-0.39, 0.29) is 30.3 Å². The van der Waals surface area contributed by atoms with Crippen molar-refractivity contribution in [1.29, 1.82) is 0 Å². The molecule has 0 aromatic carbocycles. The summed E-state index contributed by atoms with van der Waals surface area (Å²) in [5.74, 6) is 1.10. The van der Waals surface area contributed by atoms with Crippen LogP contribution in [-0.2, 0) is 4.79 Å². The molecular formula is C15H30ClN3O. The Kier molecular flexibility index (Phi) is 6.76. The molecule has 4 nitrogen and oxygen atoms in total. The molecule has 0 radical (unpaired) electrons. The zero-order chi connectivity index (χ0) is 14.0. The van der Waals surface area contributed by atoms with E-state index < -0.39 is 0 Å². The molecule has 0 saturated carbocycles. The molecule has 2 aliphatic rings. The Morgan fingerprint density at radius 3 is 2.70 bits per heavy atom. The van der Waals surface area contributed by atoms with Crippen LogP contribution >= 0.6 is 12.4 Å². The Hall–Kier alpha value is -0.320. The SMILES string of the molecule is CCC(C)C(N)C(=O)N1CCC2C(CCCN2C)C1.Cl. The quantitative estimate of drug-likeness (QED) is 0.864. The Bertz CT molecular complexity index is 326. The molecule has 4 unspecified atom stereocenters. The van der Waals surface area contributed by atoms with Crippen molar-refractivity contribution in [3.05, 3.63) is 0 Å². The number of carbonyl (C=O) groups is 1. The van der Waals surface area contributed by atoms with E-state index in [4.69, 9.17) is 5.73 Å². The summed E-state index contributed by atoms with van der Waals surface area (Å²) in [5.41, 5.74) is 6.10. The molecule has 2 heterocycles. The lowest BCUT2D eigenvalue weighted by Gasteiger charge is -2.46. The van der Waals surface area contributed by atoms with E-state index in [1.807, 2.05) is 4.90 Å². The van der Waals surface area contributed by atoms with E-state index in [9.17, 15) is 4.79 Å². The van der Waals surface area contributed by atoms with Crippen molar-refractivity contribution in [2.24, 2.45) is 17.6 Å². The first-order chi connectivity index (χ1) is 9.04. The lowest BCUT2D eigenvalue weighted by molar-refractivity contribution is -0.137. The number of nitrogens with two attached hydrogens (primary N) is 1. The van der Waals surface area contributed by atoms with Gasteiger partial charge in [0, 0.05) is 19.1 Å². The predicted octanol–water partition coefficient (Wildman–Crippen LogP) is 1.72. The number of halogens is 1. The number of nitrogens with zero attached hydrogens (tertiary/aromatic N) is 2. The maximum atomic E-state index is 12.4. The van der Waals surface area contributed by atoms with Crippen molar-refractivity contribution >= 4 is 18.3 Å². The molecule has 0 spiro atoms. The van der Waals surface area contributed by atoms with Crippen molar-refractivity contribution in [2.45, 2.75) is 51.6 Å². The van der Waals surface area contributed by atoms with Gasteiger partial charge in [-0.1, -0.05) is 20.3 Å². The second-order valence-electron chi connectivity index (χ2n) is 6.43. The summed E-state index contributed by atoms with van der Waals surface area (Å²) in [6.07, 6.45) is 4.60. The molecule has 20 heavy (non-hydrogen) atoms. The van der Waals surface area contributed by atoms with E-state index in [2.05, 4.69) is 25.8 Å². The molecule has 1 amide bonds. The summed E-state index contributed by atoms with van der Waals surface area (Å²) in [6.45, 7) is 7.18. The van der Waals surface area contributed by atoms with Crippen LogP contribution in [0.15, 0.2) is 0 Å². The predicted molar refractivity (Wildman–Crippen MR) is 85.0 cm³/mol. The first-order valence-corrected chi connectivity index (χ1v) is 7.79. The van der Waals surface area contributed by atoms with Gasteiger partial charge in [0.15, 0.2) is 0 Å². The Labute approximate surface area is 129 Å². The lowest BCUT2D eigenvalue weighted by atomic mass is 9.83. The Balaban J connectivity index is 0.00000200. The number of rotatable bonds is 3. The Morgan fingerprint density at radius 1 is 1.35 bits per heavy atom. The minimum absolute atomic E-state index is 0. The zero-order valence-corrected chi connectivity index (χ0v) is 13.9. The van der Waals surface area contributed by atoms with E-state index in [1.54, 1.807) is 0 Å². The number of likely N-dealkylation sites (tertiary alicyclic amines) is 2. The van der Waals surface area contributed by atoms with Crippen LogP contribution in [-0.4, -0.2) is 54.5 Å². The third kappa shape index (κ3) is 3.66. The van der Waals surface area contributed by atoms with Crippen LogP contribution in [0.25, 0.3) is 0 Å². The van der Waals surface area contributed by atoms with Gasteiger partial charge in [-0.25, -0.2) is 0 Å². The normalized spacial score (nSPS) is 30.1. The fourth-order valence-corrected chi connectivity index (χ4v) is 3.56. The molecule has 0 aliphatic carbocycles. The molecule has 5 heteroatoms. The summed E-state index contributed by atoms with van der Waals surface area (Å²) < 4.78 is 0. The third-order valence-electron chi connectivity index (χ3n) is 5.20. The van der Waals surface area contributed by atoms with Crippen LogP contribution in [0.2, 0.25) is 0 Å². The molecule has 2 N–H and O–H groups in total. The summed E-state index contributed by atoms with van der Waals surface area (Å²) in [6, 6.07) is 0.362. The summed E-state index contributed by atoms with van der Waals surface area (Å²) in [5, 5.41) is 0. The first kappa shape index (κ1) is 17.7. The highest BCUT2D eigenvalue weighted by atomic mass is 35.5. The average molecular weight is 304 g/mol. The van der Waals surface area contributed by atoms with Gasteiger partial charge in [-0.15, -0.1) is 12.4 Å². The second kappa shape index (κ2) is 7.62. The van der Waals surface area contributed by atoms with Gasteiger partial charge in [0.2, 0.25) is 5.91 Å². The van der Waals surface area contributed by atoms with Crippen LogP contribution < -0.4 is 5.73 Å². The molecule has 0 bridgehead atoms. The standard InChI is InChI=1S/C15H29N3O.ClH/c1-4-11(2)14(16)15(19)18-9-7-13-12(10-18)6-5-8-17(13)3;/h11-14H,4-10,16H2,1-3H3;1H. The van der Waals surface area contributed by atoms with Crippen molar-refractivity contribution in [3.63, 3.8) is 0 Å². The van der Waals surface area contributed by atoms with Crippen LogP contribution in [0.1, 0.15) is 39.5 Å². The van der Waals surface area contributed by atoms with Crippen molar-refractivity contribution in [3.8, 4) is 0 Å². The molecule has 118 valence electrons. The Morgan fingerprint density at radius 2 is 2.05 bits per heavy atom. The van der Waals surface area contributed by atoms with Gasteiger partial charge >= 0.3 is 0 Å². The fraction of sp³-hybridized carbons (Fsp3) is 0.933. The maximum absolute atomic E-state index is 12.4. The van der Waals surface area contributed by atoms with Crippen molar-refractivity contribution in [2.75, 3.05) is 26.7 Å². The van der Waals surface area contributed by atoms with E-state index >= 15 is 0 Å². The van der Waals surface area contributed by atoms with E-state index in [1.165, 1.54) is 19.4 Å². The third-order valence-corrected chi connectivity index (χ3v) is 5.20. The van der Waals surface area contributed by atoms with E-state index in [0.29, 0.717) is 12.0 Å². The van der Waals surface area contributed by atoms with Gasteiger partial charge < -0.3 is 15.5 Å². The molecular weight excluding hydrogens is 274 g/mol. The monoisotopic (exact) mass is 303 g/mol. The molecule has 0 aromatic heterocycles. The lowest BCUT2D eigenvalue weighted by Crippen LogP contribution is -2.57. The fourth-order valence-electron chi connectivity index (χ4n) is 3.56. The molecule has 4 atom stereocenters. The van der Waals surface area contributed by atoms with Gasteiger partial charge in [0.05, 0.1) is 6.04 Å². The van der Waals surface area contributed by atoms with Crippen molar-refractivity contribution in [1.82, 2.24) is 9.80 Å². The molecule has 0 aromatic rings. The average Bonchev–Trinajstić information content (AvgIpc) is 2.44. The van der Waals surface area contributed by atoms with Gasteiger partial charge in [-0.3, -0.25) is 4.79 Å². The van der Waals surface area contributed by atoms with Crippen LogP contribution in [0.4, 0.5) is 0 Å². The highest BCUT2D eigenvalue weighted by Crippen LogP contribution is 2.30. The number of carbonyl (C=O) groups excluding carboxylic acids is 1. The number of hydrogen-bond acceptors (Lipinski definition) is 3. The molecule has 2 aliphatic heterocycles. The first-order valence-electron chi connectivity index (χ1n) is 7.79. The number of hydrogen-bond donors (Lipinski definition) is 1. The summed E-state index contributed by atoms with van der Waals surface area (Å²) in [7, 11) is 2.22. The number of amides is 1. The van der Waals surface area contributed by atoms with Gasteiger partial charge in [-0.05, 0) is 44.7 Å². The van der Waals surface area contributed by atoms with Crippen LogP contribution in [0.3, 0.4) is 0 Å². The minimum atomic E-state index is -0.317. The van der Waals surface area contributed by atoms with Crippen LogP contribution in [0.5, 0.6) is 0 Å². The largest absolute Gasteiger partial charge is 0.341 e. The van der Waals surface area contributed by atoms with Gasteiger partial charge in [-0.2, -0.15) is 0 Å². The second-order valence-corrected chi connectivity index (χ2v) is 6.43. The minimum Gasteiger partial charge on any atom is -0.341 e. The van der Waals surface area contributed by atoms with Gasteiger partial charge in [0.1, 0.15) is 0 Å². The number of fused-ring (bicyclic) bond motifs is 1. The van der Waals surface area contributed by atoms with Crippen molar-refractivity contribution < 1.29 is 4.79 Å². The smallest absolute Gasteiger partial charge is 0.239 e. The topological polar surface area (TPSA) is 49.6 Å². The van der Waals surface area contributed by atoms with E-state index in [0.717, 1.165) is 25.9 Å². The molecule has 2 fully saturated rings. The van der Waals surface area contributed by atoms with Crippen LogP contribution in [0, 0.1) is 11.8 Å². The maximum Gasteiger partial charge on any atom is 0.239 e. The molecule has 2 rings (SSSR count). The number of piperidine rings is 2. The zero-order valence-electron chi connectivity index (χ0n) is 13.0. The highest BCUT2D eigenvalue weighted by molar-refractivity contribution is 5.85. The molecule has 2 saturated heterocycles. The summed E-state index contributed by atoms with van der Waals surface area (Å²) >= 11 is 0. The van der Waals surface area contributed by atoms with Gasteiger partial charge in [0.25, 0.3) is 0 Å². The summed E-state index contributed by atoms with van der Waals surface area (Å²) in [4.78, 5) is 16.9.